The number of allylic oxidation sites excluding steroid dienone is 3. The summed E-state index contributed by atoms with van der Waals surface area (Å²) in [5.41, 5.74) is 6.44. The molecule has 1 heterocycles. The standard InChI is InChI=1S/C8H10BrN3/c1-2-3-4-6-8(10)12-7(9)5-11-6/h2-5,11H,1H3,(H2,10,12)/b3-2+,6-4-. The summed E-state index contributed by atoms with van der Waals surface area (Å²) >= 11 is 3.21. The molecule has 0 fully saturated rings. The van der Waals surface area contributed by atoms with Gasteiger partial charge in [0.1, 0.15) is 10.4 Å². The van der Waals surface area contributed by atoms with Crippen LogP contribution in [0.25, 0.3) is 0 Å². The summed E-state index contributed by atoms with van der Waals surface area (Å²) in [6.07, 6.45) is 7.44. The number of hydrogen-bond acceptors (Lipinski definition) is 3. The molecular formula is C8H10BrN3. The summed E-state index contributed by atoms with van der Waals surface area (Å²) in [5.74, 6) is 0.488. The fourth-order valence-electron chi connectivity index (χ4n) is 0.745. The van der Waals surface area contributed by atoms with Gasteiger partial charge in [-0.25, -0.2) is 4.99 Å². The van der Waals surface area contributed by atoms with E-state index in [2.05, 4.69) is 26.2 Å². The van der Waals surface area contributed by atoms with Crippen molar-refractivity contribution < 1.29 is 0 Å². The fraction of sp³-hybridized carbons (Fsp3) is 0.125. The quantitative estimate of drug-likeness (QED) is 0.669. The van der Waals surface area contributed by atoms with E-state index in [0.29, 0.717) is 10.4 Å². The summed E-state index contributed by atoms with van der Waals surface area (Å²) < 4.78 is 0.706. The lowest BCUT2D eigenvalue weighted by Gasteiger charge is -2.10. The highest BCUT2D eigenvalue weighted by Crippen LogP contribution is 2.10. The van der Waals surface area contributed by atoms with Crippen molar-refractivity contribution >= 4 is 21.8 Å². The summed E-state index contributed by atoms with van der Waals surface area (Å²) in [6.45, 7) is 1.94. The highest BCUT2D eigenvalue weighted by molar-refractivity contribution is 9.11. The first-order valence-electron chi connectivity index (χ1n) is 3.53. The van der Waals surface area contributed by atoms with E-state index in [1.165, 1.54) is 0 Å². The average molecular weight is 228 g/mol. The summed E-state index contributed by atoms with van der Waals surface area (Å²) in [6, 6.07) is 0. The minimum absolute atomic E-state index is 0.488. The minimum atomic E-state index is 0.488. The number of hydrogen-bond donors (Lipinski definition) is 2. The predicted molar refractivity (Wildman–Crippen MR) is 54.7 cm³/mol. The van der Waals surface area contributed by atoms with Crippen molar-refractivity contribution in [2.75, 3.05) is 0 Å². The molecule has 0 saturated carbocycles. The maximum absolute atomic E-state index is 5.62. The van der Waals surface area contributed by atoms with Crippen molar-refractivity contribution in [3.8, 4) is 0 Å². The number of nitrogens with one attached hydrogen (secondary N) is 1. The van der Waals surface area contributed by atoms with Crippen molar-refractivity contribution in [2.45, 2.75) is 6.92 Å². The molecule has 1 aliphatic rings. The van der Waals surface area contributed by atoms with Crippen molar-refractivity contribution in [1.29, 1.82) is 0 Å². The molecule has 1 rings (SSSR count). The summed E-state index contributed by atoms with van der Waals surface area (Å²) in [7, 11) is 0. The molecule has 0 aromatic rings. The number of nitrogens with zero attached hydrogens (tertiary/aromatic N) is 1. The third-order valence-corrected chi connectivity index (χ3v) is 1.71. The lowest BCUT2D eigenvalue weighted by Crippen LogP contribution is -2.26. The van der Waals surface area contributed by atoms with Gasteiger partial charge in [0, 0.05) is 6.20 Å². The maximum atomic E-state index is 5.62. The molecule has 0 saturated heterocycles. The zero-order valence-electron chi connectivity index (χ0n) is 6.71. The van der Waals surface area contributed by atoms with Gasteiger partial charge in [-0.15, -0.1) is 0 Å². The fourth-order valence-corrected chi connectivity index (χ4v) is 1.05. The molecule has 64 valence electrons. The second-order valence-corrected chi connectivity index (χ2v) is 3.03. The molecule has 0 unspecified atom stereocenters. The first-order valence-corrected chi connectivity index (χ1v) is 4.33. The van der Waals surface area contributed by atoms with Crippen LogP contribution in [0.2, 0.25) is 0 Å². The highest BCUT2D eigenvalue weighted by atomic mass is 79.9. The second-order valence-electron chi connectivity index (χ2n) is 2.21. The molecule has 1 aliphatic heterocycles. The number of rotatable bonds is 1. The molecular weight excluding hydrogens is 218 g/mol. The molecule has 3 nitrogen and oxygen atoms in total. The van der Waals surface area contributed by atoms with E-state index in [-0.39, 0.29) is 0 Å². The topological polar surface area (TPSA) is 50.4 Å². The SMILES string of the molecule is C/C=C/C=C1\NC=C(Br)N=C1N. The van der Waals surface area contributed by atoms with Crippen LogP contribution in [0, 0.1) is 0 Å². The Morgan fingerprint density at radius 3 is 3.00 bits per heavy atom. The van der Waals surface area contributed by atoms with Gasteiger partial charge >= 0.3 is 0 Å². The van der Waals surface area contributed by atoms with E-state index < -0.39 is 0 Å². The zero-order chi connectivity index (χ0) is 8.97. The van der Waals surface area contributed by atoms with Gasteiger partial charge in [0.2, 0.25) is 0 Å². The van der Waals surface area contributed by atoms with Crippen molar-refractivity contribution in [2.24, 2.45) is 10.7 Å². The van der Waals surface area contributed by atoms with E-state index in [1.807, 2.05) is 25.2 Å². The highest BCUT2D eigenvalue weighted by Gasteiger charge is 2.05. The van der Waals surface area contributed by atoms with Crippen LogP contribution in [0.15, 0.2) is 39.7 Å². The van der Waals surface area contributed by atoms with Gasteiger partial charge in [-0.1, -0.05) is 12.2 Å². The van der Waals surface area contributed by atoms with Gasteiger partial charge in [-0.2, -0.15) is 0 Å². The Hall–Kier alpha value is -1.03. The Balaban J connectivity index is 2.81. The Morgan fingerprint density at radius 2 is 2.42 bits per heavy atom. The zero-order valence-corrected chi connectivity index (χ0v) is 8.30. The van der Waals surface area contributed by atoms with Crippen LogP contribution in [0.4, 0.5) is 0 Å². The van der Waals surface area contributed by atoms with E-state index >= 15 is 0 Å². The van der Waals surface area contributed by atoms with Crippen molar-refractivity contribution in [3.05, 3.63) is 34.7 Å². The summed E-state index contributed by atoms with van der Waals surface area (Å²) in [4.78, 5) is 4.02. The van der Waals surface area contributed by atoms with Gasteiger partial charge < -0.3 is 11.1 Å². The molecule has 0 amide bonds. The lowest BCUT2D eigenvalue weighted by atomic mass is 10.3. The van der Waals surface area contributed by atoms with Crippen LogP contribution in [0.3, 0.4) is 0 Å². The molecule has 0 radical (unpaired) electrons. The molecule has 0 aromatic carbocycles. The van der Waals surface area contributed by atoms with Crippen LogP contribution in [-0.4, -0.2) is 5.84 Å². The Bertz CT molecular complexity index is 287. The first-order chi connectivity index (χ1) is 5.74. The average Bonchev–Trinajstić information content (AvgIpc) is 2.03. The van der Waals surface area contributed by atoms with Crippen molar-refractivity contribution in [3.63, 3.8) is 0 Å². The molecule has 12 heavy (non-hydrogen) atoms. The Morgan fingerprint density at radius 1 is 1.67 bits per heavy atom. The Kier molecular flexibility index (Phi) is 3.10. The van der Waals surface area contributed by atoms with Crippen LogP contribution in [0.1, 0.15) is 6.92 Å². The largest absolute Gasteiger partial charge is 0.382 e. The lowest BCUT2D eigenvalue weighted by molar-refractivity contribution is 1.08. The smallest absolute Gasteiger partial charge is 0.148 e. The van der Waals surface area contributed by atoms with E-state index in [0.717, 1.165) is 5.70 Å². The predicted octanol–water partition coefficient (Wildman–Crippen LogP) is 1.60. The molecule has 0 aromatic heterocycles. The van der Waals surface area contributed by atoms with Gasteiger partial charge in [0.05, 0.1) is 5.70 Å². The molecule has 0 atom stereocenters. The normalized spacial score (nSPS) is 20.7. The number of amidine groups is 1. The van der Waals surface area contributed by atoms with Crippen LogP contribution in [0.5, 0.6) is 0 Å². The molecule has 0 bridgehead atoms. The second kappa shape index (κ2) is 4.11. The van der Waals surface area contributed by atoms with Crippen molar-refractivity contribution in [1.82, 2.24) is 5.32 Å². The molecule has 0 aliphatic carbocycles. The number of nitrogens with two attached hydrogens (primary N) is 1. The Labute approximate surface area is 79.9 Å². The van der Waals surface area contributed by atoms with Crippen LogP contribution < -0.4 is 11.1 Å². The minimum Gasteiger partial charge on any atom is -0.382 e. The van der Waals surface area contributed by atoms with E-state index in [1.54, 1.807) is 6.20 Å². The number of halogens is 1. The van der Waals surface area contributed by atoms with Crippen LogP contribution >= 0.6 is 15.9 Å². The van der Waals surface area contributed by atoms with Gasteiger partial charge in [-0.3, -0.25) is 0 Å². The van der Waals surface area contributed by atoms with Gasteiger partial charge in [0.15, 0.2) is 0 Å². The summed E-state index contributed by atoms with van der Waals surface area (Å²) in [5, 5.41) is 3.00. The third-order valence-electron chi connectivity index (χ3n) is 1.31. The third kappa shape index (κ3) is 2.23. The maximum Gasteiger partial charge on any atom is 0.148 e. The monoisotopic (exact) mass is 227 g/mol. The molecule has 3 N–H and O–H groups in total. The van der Waals surface area contributed by atoms with E-state index in [9.17, 15) is 0 Å². The molecule has 0 spiro atoms. The van der Waals surface area contributed by atoms with Crippen LogP contribution in [-0.2, 0) is 0 Å². The first kappa shape index (κ1) is 9.06. The van der Waals surface area contributed by atoms with E-state index in [4.69, 9.17) is 5.73 Å². The number of aliphatic imine (C=N–C) groups is 1. The van der Waals surface area contributed by atoms with Gasteiger partial charge in [0.25, 0.3) is 0 Å². The van der Waals surface area contributed by atoms with Gasteiger partial charge in [-0.05, 0) is 28.9 Å². The molecule has 4 heteroatoms.